The van der Waals surface area contributed by atoms with Crippen LogP contribution in [0, 0.1) is 11.3 Å². The summed E-state index contributed by atoms with van der Waals surface area (Å²) in [5.74, 6) is 0. The van der Waals surface area contributed by atoms with E-state index in [4.69, 9.17) is 16.9 Å². The topological polar surface area (TPSA) is 35.8 Å². The van der Waals surface area contributed by atoms with Gasteiger partial charge in [0.05, 0.1) is 10.6 Å². The molecule has 0 aromatic rings. The number of fused-ring (bicyclic) bond motifs is 1. The summed E-state index contributed by atoms with van der Waals surface area (Å²) in [5, 5.41) is 12.9. The van der Waals surface area contributed by atoms with Crippen LogP contribution in [0.1, 0.15) is 19.8 Å². The molecule has 0 radical (unpaired) electrons. The second kappa shape index (κ2) is 3.51. The lowest BCUT2D eigenvalue weighted by Crippen LogP contribution is -2.15. The van der Waals surface area contributed by atoms with Crippen LogP contribution >= 0.6 is 11.6 Å². The van der Waals surface area contributed by atoms with Gasteiger partial charge in [0.1, 0.15) is 6.07 Å². The summed E-state index contributed by atoms with van der Waals surface area (Å²) in [6.07, 6.45) is 5.64. The molecule has 0 aromatic heterocycles. The molecule has 1 fully saturated rings. The molecule has 2 nitrogen and oxygen atoms in total. The lowest BCUT2D eigenvalue weighted by atomic mass is 10.1. The van der Waals surface area contributed by atoms with E-state index in [0.29, 0.717) is 16.6 Å². The summed E-state index contributed by atoms with van der Waals surface area (Å²) in [4.78, 5) is 0. The van der Waals surface area contributed by atoms with E-state index >= 15 is 0 Å². The largest absolute Gasteiger partial charge is 0.382 e. The number of nitrogens with one attached hydrogen (secondary N) is 1. The maximum absolute atomic E-state index is 8.89. The quantitative estimate of drug-likeness (QED) is 0.662. The average Bonchev–Trinajstić information content (AvgIpc) is 2.47. The van der Waals surface area contributed by atoms with Crippen molar-refractivity contribution in [1.29, 1.82) is 5.26 Å². The van der Waals surface area contributed by atoms with Crippen molar-refractivity contribution < 1.29 is 0 Å². The van der Waals surface area contributed by atoms with E-state index in [2.05, 4.69) is 24.4 Å². The fourth-order valence-electron chi connectivity index (χ4n) is 1.85. The minimum atomic E-state index is 0.419. The van der Waals surface area contributed by atoms with Crippen LogP contribution in [-0.4, -0.2) is 6.04 Å². The van der Waals surface area contributed by atoms with Gasteiger partial charge in [-0.15, -0.1) is 0 Å². The van der Waals surface area contributed by atoms with Crippen molar-refractivity contribution in [2.45, 2.75) is 25.8 Å². The zero-order chi connectivity index (χ0) is 10.1. The van der Waals surface area contributed by atoms with Crippen LogP contribution in [0.15, 0.2) is 34.0 Å². The minimum absolute atomic E-state index is 0.419. The predicted octanol–water partition coefficient (Wildman–Crippen LogP) is 2.60. The molecule has 3 heteroatoms. The van der Waals surface area contributed by atoms with Crippen LogP contribution in [0.25, 0.3) is 0 Å². The second-order valence-electron chi connectivity index (χ2n) is 3.63. The molecule has 1 aliphatic carbocycles. The number of allylic oxidation sites excluding steroid dienone is 5. The Hall–Kier alpha value is -1.20. The van der Waals surface area contributed by atoms with E-state index in [1.165, 1.54) is 0 Å². The van der Waals surface area contributed by atoms with Gasteiger partial charge in [0.15, 0.2) is 0 Å². The third kappa shape index (κ3) is 1.44. The zero-order valence-electron chi connectivity index (χ0n) is 7.97. The van der Waals surface area contributed by atoms with Gasteiger partial charge in [-0.25, -0.2) is 0 Å². The Morgan fingerprint density at radius 2 is 2.36 bits per heavy atom. The monoisotopic (exact) mass is 206 g/mol. The highest BCUT2D eigenvalue weighted by Crippen LogP contribution is 2.33. The summed E-state index contributed by atoms with van der Waals surface area (Å²) in [7, 11) is 0. The molecule has 0 bridgehead atoms. The van der Waals surface area contributed by atoms with Crippen LogP contribution in [-0.2, 0) is 0 Å². The number of nitriles is 1. The van der Waals surface area contributed by atoms with Crippen molar-refractivity contribution in [3.05, 3.63) is 34.0 Å². The fraction of sp³-hybridized carbons (Fsp3) is 0.364. The van der Waals surface area contributed by atoms with Crippen molar-refractivity contribution >= 4 is 11.6 Å². The van der Waals surface area contributed by atoms with Gasteiger partial charge < -0.3 is 5.32 Å². The number of rotatable bonds is 0. The van der Waals surface area contributed by atoms with Gasteiger partial charge >= 0.3 is 0 Å². The lowest BCUT2D eigenvalue weighted by Gasteiger charge is -2.01. The third-order valence-electron chi connectivity index (χ3n) is 2.50. The van der Waals surface area contributed by atoms with Crippen molar-refractivity contribution in [2.24, 2.45) is 0 Å². The zero-order valence-corrected chi connectivity index (χ0v) is 8.73. The average molecular weight is 207 g/mol. The van der Waals surface area contributed by atoms with Crippen LogP contribution in [0.3, 0.4) is 0 Å². The molecular formula is C11H11ClN2. The molecule has 1 heterocycles. The predicted molar refractivity (Wildman–Crippen MR) is 56.5 cm³/mol. The van der Waals surface area contributed by atoms with Gasteiger partial charge in [0, 0.05) is 11.7 Å². The highest BCUT2D eigenvalue weighted by Gasteiger charge is 2.24. The molecule has 0 amide bonds. The molecule has 2 aliphatic rings. The first-order chi connectivity index (χ1) is 6.72. The first-order valence-corrected chi connectivity index (χ1v) is 5.06. The van der Waals surface area contributed by atoms with E-state index in [-0.39, 0.29) is 0 Å². The van der Waals surface area contributed by atoms with Gasteiger partial charge in [-0.05, 0) is 25.3 Å². The summed E-state index contributed by atoms with van der Waals surface area (Å²) in [6, 6.07) is 2.55. The van der Waals surface area contributed by atoms with Crippen LogP contribution in [0.5, 0.6) is 0 Å². The molecule has 1 N–H and O–H groups in total. The summed E-state index contributed by atoms with van der Waals surface area (Å²) in [6.45, 7) is 2.11. The first kappa shape index (κ1) is 9.36. The summed E-state index contributed by atoms with van der Waals surface area (Å²) < 4.78 is 0. The van der Waals surface area contributed by atoms with Gasteiger partial charge in [0.25, 0.3) is 0 Å². The van der Waals surface area contributed by atoms with E-state index in [0.717, 1.165) is 24.1 Å². The maximum atomic E-state index is 8.89. The smallest absolute Gasteiger partial charge is 0.100 e. The molecule has 14 heavy (non-hydrogen) atoms. The molecular weight excluding hydrogens is 196 g/mol. The third-order valence-corrected chi connectivity index (χ3v) is 2.93. The van der Waals surface area contributed by atoms with Crippen LogP contribution in [0.4, 0.5) is 0 Å². The Morgan fingerprint density at radius 3 is 3.07 bits per heavy atom. The molecule has 0 spiro atoms. The van der Waals surface area contributed by atoms with E-state index in [9.17, 15) is 0 Å². The van der Waals surface area contributed by atoms with E-state index in [1.54, 1.807) is 0 Å². The van der Waals surface area contributed by atoms with E-state index in [1.807, 2.05) is 6.08 Å². The van der Waals surface area contributed by atoms with Crippen molar-refractivity contribution in [3.8, 4) is 6.07 Å². The highest BCUT2D eigenvalue weighted by molar-refractivity contribution is 6.33. The Balaban J connectivity index is 2.47. The molecule has 1 aliphatic heterocycles. The number of hydrogen-bond acceptors (Lipinski definition) is 2. The molecule has 1 atom stereocenters. The normalized spacial score (nSPS) is 25.6. The van der Waals surface area contributed by atoms with Crippen molar-refractivity contribution in [2.75, 3.05) is 0 Å². The minimum Gasteiger partial charge on any atom is -0.382 e. The van der Waals surface area contributed by atoms with Gasteiger partial charge in [-0.3, -0.25) is 0 Å². The number of halogens is 1. The molecule has 0 aromatic carbocycles. The molecule has 72 valence electrons. The second-order valence-corrected chi connectivity index (χ2v) is 4.00. The van der Waals surface area contributed by atoms with E-state index < -0.39 is 0 Å². The Morgan fingerprint density at radius 1 is 1.57 bits per heavy atom. The Kier molecular flexibility index (Phi) is 2.35. The van der Waals surface area contributed by atoms with Crippen LogP contribution in [0.2, 0.25) is 0 Å². The first-order valence-electron chi connectivity index (χ1n) is 4.68. The Bertz CT molecular complexity index is 396. The van der Waals surface area contributed by atoms with Crippen molar-refractivity contribution in [1.82, 2.24) is 5.32 Å². The highest BCUT2D eigenvalue weighted by atomic mass is 35.5. The standard InChI is InChI=1S/C11H11ClN2/c1-7-5-9-10(14-7)4-2-3-8(6-13)11(9)12/h3-4,7,14H,2,5H2,1H3. The van der Waals surface area contributed by atoms with Gasteiger partial charge in [-0.2, -0.15) is 5.26 Å². The fourth-order valence-corrected chi connectivity index (χ4v) is 2.15. The molecule has 1 unspecified atom stereocenters. The Labute approximate surface area is 88.6 Å². The van der Waals surface area contributed by atoms with Gasteiger partial charge in [0.2, 0.25) is 0 Å². The lowest BCUT2D eigenvalue weighted by molar-refractivity contribution is 0.691. The van der Waals surface area contributed by atoms with Gasteiger partial charge in [-0.1, -0.05) is 23.8 Å². The molecule has 0 saturated carbocycles. The number of hydrogen-bond donors (Lipinski definition) is 1. The van der Waals surface area contributed by atoms with Crippen molar-refractivity contribution in [3.63, 3.8) is 0 Å². The summed E-state index contributed by atoms with van der Waals surface area (Å²) >= 11 is 6.16. The molecule has 2 rings (SSSR count). The van der Waals surface area contributed by atoms with Crippen LogP contribution < -0.4 is 5.32 Å². The number of nitrogens with zero attached hydrogens (tertiary/aromatic N) is 1. The SMILES string of the molecule is CC1CC2=C(Cl)C(C#N)=CCC=C2N1. The molecule has 1 saturated heterocycles. The maximum Gasteiger partial charge on any atom is 0.100 e. The summed E-state index contributed by atoms with van der Waals surface area (Å²) in [5.41, 5.74) is 2.79.